The van der Waals surface area contributed by atoms with Crippen molar-refractivity contribution in [3.63, 3.8) is 0 Å². The lowest BCUT2D eigenvalue weighted by molar-refractivity contribution is -0.192. The van der Waals surface area contributed by atoms with Crippen molar-refractivity contribution in [2.24, 2.45) is 0 Å². The van der Waals surface area contributed by atoms with Gasteiger partial charge in [-0.25, -0.2) is 9.46 Å². The van der Waals surface area contributed by atoms with Gasteiger partial charge in [-0.3, -0.25) is 0 Å². The molecule has 0 aromatic carbocycles. The zero-order valence-electron chi connectivity index (χ0n) is 6.43. The molecule has 0 saturated carbocycles. The Morgan fingerprint density at radius 2 is 2.07 bits per heavy atom. The maximum absolute atomic E-state index is 12.0. The molecule has 1 heterocycles. The second-order valence-electron chi connectivity index (χ2n) is 2.51. The van der Waals surface area contributed by atoms with Crippen LogP contribution in [0.1, 0.15) is 0 Å². The lowest BCUT2D eigenvalue weighted by Gasteiger charge is -2.17. The third-order valence-electron chi connectivity index (χ3n) is 1.47. The van der Waals surface area contributed by atoms with Gasteiger partial charge in [-0.15, -0.1) is 0 Å². The van der Waals surface area contributed by atoms with Crippen LogP contribution in [0.15, 0.2) is 0 Å². The highest BCUT2D eigenvalue weighted by Gasteiger charge is 2.52. The van der Waals surface area contributed by atoms with E-state index in [1.807, 2.05) is 0 Å². The number of alkyl halides is 3. The summed E-state index contributed by atoms with van der Waals surface area (Å²) in [6.45, 7) is -5.16. The molecule has 0 aliphatic carbocycles. The lowest BCUT2D eigenvalue weighted by atomic mass is 10.4. The van der Waals surface area contributed by atoms with E-state index in [-0.39, 0.29) is 4.67 Å². The minimum Gasteiger partial charge on any atom is -0.434 e. The van der Waals surface area contributed by atoms with Crippen LogP contribution in [0.3, 0.4) is 0 Å². The number of carbonyl (C=O) groups excluding carboxylic acids is 1. The number of carbonyl (C=O) groups is 1. The maximum Gasteiger partial charge on any atom is 0.427 e. The average Bonchev–Trinajstić information content (AvgIpc) is 2.27. The molecule has 1 fully saturated rings. The van der Waals surface area contributed by atoms with Crippen molar-refractivity contribution in [2.45, 2.75) is 12.3 Å². The van der Waals surface area contributed by atoms with Crippen molar-refractivity contribution in [3.8, 4) is 0 Å². The molecular formula is C4H5F3NO4PS. The molecule has 1 aliphatic rings. The largest absolute Gasteiger partial charge is 0.434 e. The standard InChI is InChI=1S/C4H5F3NO4PS/c5-4(6,7)2-1-8(3(9)12-2)13(10,11)14/h2H,1H2,(H2,10,11,14). The Bertz CT molecular complexity index is 301. The number of amides is 1. The van der Waals surface area contributed by atoms with Gasteiger partial charge in [0.25, 0.3) is 6.64 Å². The van der Waals surface area contributed by atoms with Gasteiger partial charge in [0.05, 0.1) is 6.54 Å². The van der Waals surface area contributed by atoms with Crippen LogP contribution >= 0.6 is 6.64 Å². The molecule has 82 valence electrons. The summed E-state index contributed by atoms with van der Waals surface area (Å²) in [6, 6.07) is 0. The summed E-state index contributed by atoms with van der Waals surface area (Å²) in [5.41, 5.74) is 0. The van der Waals surface area contributed by atoms with E-state index < -0.39 is 31.6 Å². The topological polar surface area (TPSA) is 70.0 Å². The first-order valence-electron chi connectivity index (χ1n) is 3.23. The molecule has 0 radical (unpaired) electrons. The van der Waals surface area contributed by atoms with Crippen molar-refractivity contribution in [1.29, 1.82) is 0 Å². The summed E-state index contributed by atoms with van der Waals surface area (Å²) >= 11 is 4.08. The monoisotopic (exact) mass is 251 g/mol. The fourth-order valence-electron chi connectivity index (χ4n) is 0.834. The Hall–Kier alpha value is -0.370. The van der Waals surface area contributed by atoms with Gasteiger partial charge >= 0.3 is 12.3 Å². The number of ether oxygens (including phenoxy) is 1. The quantitative estimate of drug-likeness (QED) is 0.667. The van der Waals surface area contributed by atoms with E-state index >= 15 is 0 Å². The average molecular weight is 251 g/mol. The first kappa shape index (κ1) is 11.7. The SMILES string of the molecule is O=C1OC(C(F)(F)F)CN1P(O)(O)=S. The molecular weight excluding hydrogens is 246 g/mol. The van der Waals surface area contributed by atoms with E-state index in [4.69, 9.17) is 9.79 Å². The molecule has 1 unspecified atom stereocenters. The van der Waals surface area contributed by atoms with Crippen LogP contribution in [0.2, 0.25) is 0 Å². The predicted octanol–water partition coefficient (Wildman–Crippen LogP) is 0.579. The smallest absolute Gasteiger partial charge is 0.427 e. The number of cyclic esters (lactones) is 1. The number of nitrogens with zero attached hydrogens (tertiary/aromatic N) is 1. The zero-order chi connectivity index (χ0) is 11.1. The van der Waals surface area contributed by atoms with Crippen LogP contribution in [-0.4, -0.2) is 39.4 Å². The third-order valence-corrected chi connectivity index (χ3v) is 3.02. The Morgan fingerprint density at radius 1 is 1.57 bits per heavy atom. The molecule has 14 heavy (non-hydrogen) atoms. The number of hydrogen-bond donors (Lipinski definition) is 2. The normalized spacial score (nSPS) is 23.9. The van der Waals surface area contributed by atoms with Gasteiger partial charge in [0.2, 0.25) is 6.10 Å². The zero-order valence-corrected chi connectivity index (χ0v) is 8.14. The van der Waals surface area contributed by atoms with Gasteiger partial charge < -0.3 is 14.5 Å². The van der Waals surface area contributed by atoms with E-state index in [0.717, 1.165) is 0 Å². The molecule has 1 saturated heterocycles. The lowest BCUT2D eigenvalue weighted by Crippen LogP contribution is -2.32. The third kappa shape index (κ3) is 2.35. The molecule has 5 nitrogen and oxygen atoms in total. The summed E-state index contributed by atoms with van der Waals surface area (Å²) < 4.78 is 40.0. The Kier molecular flexibility index (Phi) is 2.79. The van der Waals surface area contributed by atoms with Crippen molar-refractivity contribution in [3.05, 3.63) is 0 Å². The van der Waals surface area contributed by atoms with Gasteiger partial charge in [0.1, 0.15) is 0 Å². The summed E-state index contributed by atoms with van der Waals surface area (Å²) in [7, 11) is 0. The molecule has 2 N–H and O–H groups in total. The summed E-state index contributed by atoms with van der Waals surface area (Å²) in [5.74, 6) is 0. The molecule has 10 heteroatoms. The van der Waals surface area contributed by atoms with Crippen LogP contribution in [0, 0.1) is 0 Å². The van der Waals surface area contributed by atoms with Gasteiger partial charge in [-0.05, 0) is 11.8 Å². The summed E-state index contributed by atoms with van der Waals surface area (Å²) in [5, 5.41) is 0. The molecule has 0 spiro atoms. The number of hydrogen-bond acceptors (Lipinski definition) is 3. The van der Waals surface area contributed by atoms with Gasteiger partial charge in [0, 0.05) is 0 Å². The van der Waals surface area contributed by atoms with Crippen molar-refractivity contribution in [1.82, 2.24) is 4.67 Å². The van der Waals surface area contributed by atoms with E-state index in [9.17, 15) is 18.0 Å². The molecule has 0 aromatic heterocycles. The van der Waals surface area contributed by atoms with Gasteiger partial charge in [0.15, 0.2) is 0 Å². The van der Waals surface area contributed by atoms with E-state index in [1.165, 1.54) is 0 Å². The Balaban J connectivity index is 2.81. The van der Waals surface area contributed by atoms with Crippen LogP contribution in [0.25, 0.3) is 0 Å². The van der Waals surface area contributed by atoms with Crippen LogP contribution < -0.4 is 0 Å². The van der Waals surface area contributed by atoms with Crippen LogP contribution in [-0.2, 0) is 16.5 Å². The number of rotatable bonds is 1. The maximum atomic E-state index is 12.0. The van der Waals surface area contributed by atoms with Crippen molar-refractivity contribution >= 4 is 24.5 Å². The fraction of sp³-hybridized carbons (Fsp3) is 0.750. The van der Waals surface area contributed by atoms with Gasteiger partial charge in [-0.1, -0.05) is 0 Å². The highest BCUT2D eigenvalue weighted by atomic mass is 32.5. The summed E-state index contributed by atoms with van der Waals surface area (Å²) in [4.78, 5) is 28.3. The Labute approximate surface area is 81.3 Å². The van der Waals surface area contributed by atoms with E-state index in [1.54, 1.807) is 0 Å². The minimum atomic E-state index is -4.73. The van der Waals surface area contributed by atoms with Gasteiger partial charge in [-0.2, -0.15) is 13.2 Å². The molecule has 0 aromatic rings. The first-order chi connectivity index (χ1) is 6.12. The first-order valence-corrected chi connectivity index (χ1v) is 5.89. The van der Waals surface area contributed by atoms with E-state index in [0.29, 0.717) is 0 Å². The second-order valence-corrected chi connectivity index (χ2v) is 5.49. The van der Waals surface area contributed by atoms with Crippen LogP contribution in [0.5, 0.6) is 0 Å². The molecule has 1 atom stereocenters. The number of halogens is 3. The molecule has 1 amide bonds. The molecule has 1 aliphatic heterocycles. The van der Waals surface area contributed by atoms with E-state index in [2.05, 4.69) is 16.5 Å². The highest BCUT2D eigenvalue weighted by molar-refractivity contribution is 8.08. The minimum absolute atomic E-state index is 0.112. The summed E-state index contributed by atoms with van der Waals surface area (Å²) in [6.07, 6.45) is -8.54. The highest BCUT2D eigenvalue weighted by Crippen LogP contribution is 2.45. The fourth-order valence-corrected chi connectivity index (χ4v) is 1.86. The molecule has 0 bridgehead atoms. The predicted molar refractivity (Wildman–Crippen MR) is 41.8 cm³/mol. The second kappa shape index (κ2) is 3.34. The van der Waals surface area contributed by atoms with Crippen molar-refractivity contribution < 1.29 is 32.5 Å². The van der Waals surface area contributed by atoms with Crippen LogP contribution in [0.4, 0.5) is 18.0 Å². The Morgan fingerprint density at radius 3 is 2.29 bits per heavy atom. The van der Waals surface area contributed by atoms with Crippen molar-refractivity contribution in [2.75, 3.05) is 6.54 Å². The molecule has 1 rings (SSSR count).